The van der Waals surface area contributed by atoms with Crippen LogP contribution in [0.15, 0.2) is 41.3 Å². The first kappa shape index (κ1) is 26.8. The molecular weight excluding hydrogens is 458 g/mol. The van der Waals surface area contributed by atoms with Crippen molar-refractivity contribution in [2.24, 2.45) is 0 Å². The number of β-amino-alcohol motifs (C(OH)–C–C–N with tert-alkyl or cyclic N) is 1. The van der Waals surface area contributed by atoms with Gasteiger partial charge in [0.15, 0.2) is 0 Å². The highest BCUT2D eigenvalue weighted by Crippen LogP contribution is 2.30. The van der Waals surface area contributed by atoms with Gasteiger partial charge in [-0.1, -0.05) is 37.1 Å². The van der Waals surface area contributed by atoms with Crippen LogP contribution in [-0.2, 0) is 10.0 Å². The van der Waals surface area contributed by atoms with Gasteiger partial charge < -0.3 is 25.3 Å². The van der Waals surface area contributed by atoms with Crippen molar-refractivity contribution >= 4 is 26.5 Å². The molecule has 4 atom stereocenters. The van der Waals surface area contributed by atoms with Crippen molar-refractivity contribution in [3.05, 3.63) is 36.4 Å². The molecule has 9 nitrogen and oxygen atoms in total. The van der Waals surface area contributed by atoms with Crippen molar-refractivity contribution in [1.82, 2.24) is 9.62 Å². The van der Waals surface area contributed by atoms with E-state index in [9.17, 15) is 28.8 Å². The lowest BCUT2D eigenvalue weighted by Crippen LogP contribution is -2.62. The Morgan fingerprint density at radius 1 is 0.971 bits per heavy atom. The number of benzene rings is 2. The van der Waals surface area contributed by atoms with Crippen LogP contribution in [0, 0.1) is 0 Å². The average Bonchev–Trinajstić information content (AvgIpc) is 2.81. The molecule has 0 unspecified atom stereocenters. The lowest BCUT2D eigenvalue weighted by Gasteiger charge is -2.43. The maximum absolute atomic E-state index is 13.0. The fraction of sp³-hybridized carbons (Fsp3) is 0.583. The predicted molar refractivity (Wildman–Crippen MR) is 132 cm³/mol. The highest BCUT2D eigenvalue weighted by molar-refractivity contribution is 7.89. The number of aliphatic hydroxyl groups excluding tert-OH is 4. The molecule has 5 N–H and O–H groups in total. The maximum Gasteiger partial charge on any atom is 0.241 e. The van der Waals surface area contributed by atoms with E-state index in [2.05, 4.69) is 4.72 Å². The van der Waals surface area contributed by atoms with Gasteiger partial charge in [0.25, 0.3) is 0 Å². The predicted octanol–water partition coefficient (Wildman–Crippen LogP) is 0.504. The zero-order valence-electron chi connectivity index (χ0n) is 19.8. The third-order valence-electron chi connectivity index (χ3n) is 6.51. The van der Waals surface area contributed by atoms with Crippen LogP contribution in [-0.4, -0.2) is 98.4 Å². The number of aliphatic hydroxyl groups is 4. The molecule has 0 aromatic heterocycles. The van der Waals surface area contributed by atoms with Crippen LogP contribution >= 0.6 is 0 Å². The van der Waals surface area contributed by atoms with Gasteiger partial charge in [-0.15, -0.1) is 0 Å². The van der Waals surface area contributed by atoms with Gasteiger partial charge >= 0.3 is 0 Å². The van der Waals surface area contributed by atoms with Crippen LogP contribution in [0.3, 0.4) is 0 Å². The number of piperidine rings is 1. The van der Waals surface area contributed by atoms with Crippen LogP contribution in [0.2, 0.25) is 0 Å². The van der Waals surface area contributed by atoms with Crippen molar-refractivity contribution in [3.63, 3.8) is 0 Å². The molecule has 0 saturated carbocycles. The van der Waals surface area contributed by atoms with Crippen molar-refractivity contribution in [2.75, 3.05) is 45.2 Å². The number of sulfonamides is 1. The normalized spacial score (nSPS) is 23.9. The van der Waals surface area contributed by atoms with Gasteiger partial charge in [0.2, 0.25) is 10.0 Å². The summed E-state index contributed by atoms with van der Waals surface area (Å²) >= 11 is 0. The van der Waals surface area contributed by atoms with E-state index in [1.807, 2.05) is 43.3 Å². The van der Waals surface area contributed by atoms with E-state index < -0.39 is 34.4 Å². The molecule has 3 rings (SSSR count). The smallest absolute Gasteiger partial charge is 0.241 e. The monoisotopic (exact) mass is 495 g/mol. The lowest BCUT2D eigenvalue weighted by atomic mass is 9.94. The standard InChI is InChI=1S/C24H37N3O6S/c1-26(2)19-11-7-10-18-17(19)9-8-12-22(18)34(32,33)25-13-5-3-4-6-14-27-15-21(29)24(31)23(30)20(27)16-28/h7-12,20-21,23-25,28-31H,3-6,13-16H2,1-2H3/t20-,21-,23-,24-/m1/s1. The van der Waals surface area contributed by atoms with Gasteiger partial charge in [-0.25, -0.2) is 13.1 Å². The zero-order chi connectivity index (χ0) is 24.9. The number of anilines is 1. The summed E-state index contributed by atoms with van der Waals surface area (Å²) in [6.07, 6.45) is -0.381. The number of rotatable bonds is 11. The molecule has 190 valence electrons. The van der Waals surface area contributed by atoms with Gasteiger partial charge in [0, 0.05) is 43.6 Å². The van der Waals surface area contributed by atoms with E-state index in [1.165, 1.54) is 0 Å². The van der Waals surface area contributed by atoms with Gasteiger partial charge in [-0.05, 0) is 31.5 Å². The summed E-state index contributed by atoms with van der Waals surface area (Å²) in [5, 5.41) is 40.8. The SMILES string of the molecule is CN(C)c1cccc2c(S(=O)(=O)NCCCCCCN3C[C@@H](O)[C@@H](O)[C@H](O)[C@H]3CO)cccc12. The minimum absolute atomic E-state index is 0.198. The van der Waals surface area contributed by atoms with Crippen LogP contribution in [0.25, 0.3) is 10.8 Å². The molecule has 0 amide bonds. The van der Waals surface area contributed by atoms with Crippen molar-refractivity contribution in [2.45, 2.75) is 54.9 Å². The number of likely N-dealkylation sites (tertiary alicyclic amines) is 1. The average molecular weight is 496 g/mol. The van der Waals surface area contributed by atoms with Crippen LogP contribution in [0.4, 0.5) is 5.69 Å². The molecule has 2 aromatic rings. The lowest BCUT2D eigenvalue weighted by molar-refractivity contribution is -0.145. The molecule has 1 aliphatic heterocycles. The van der Waals surface area contributed by atoms with Crippen LogP contribution in [0.5, 0.6) is 0 Å². The summed E-state index contributed by atoms with van der Waals surface area (Å²) in [5.41, 5.74) is 0.959. The largest absolute Gasteiger partial charge is 0.395 e. The molecule has 2 aromatic carbocycles. The fourth-order valence-corrected chi connectivity index (χ4v) is 5.90. The Balaban J connectivity index is 1.48. The Morgan fingerprint density at radius 2 is 1.65 bits per heavy atom. The van der Waals surface area contributed by atoms with Crippen molar-refractivity contribution in [3.8, 4) is 0 Å². The summed E-state index contributed by atoms with van der Waals surface area (Å²) in [6, 6.07) is 10.4. The first-order chi connectivity index (χ1) is 16.2. The van der Waals surface area contributed by atoms with E-state index in [1.54, 1.807) is 17.0 Å². The zero-order valence-corrected chi connectivity index (χ0v) is 20.7. The second-order valence-corrected chi connectivity index (χ2v) is 10.9. The molecule has 0 radical (unpaired) electrons. The second-order valence-electron chi connectivity index (χ2n) is 9.13. The van der Waals surface area contributed by atoms with E-state index in [4.69, 9.17) is 0 Å². The number of nitrogens with one attached hydrogen (secondary N) is 1. The Morgan fingerprint density at radius 3 is 2.35 bits per heavy atom. The Bertz CT molecular complexity index is 1050. The minimum atomic E-state index is -3.65. The molecule has 1 aliphatic rings. The Labute approximate surface area is 201 Å². The summed E-state index contributed by atoms with van der Waals surface area (Å²) in [5.74, 6) is 0. The summed E-state index contributed by atoms with van der Waals surface area (Å²) < 4.78 is 28.6. The highest BCUT2D eigenvalue weighted by Gasteiger charge is 2.40. The highest BCUT2D eigenvalue weighted by atomic mass is 32.2. The second kappa shape index (κ2) is 11.8. The molecular formula is C24H37N3O6S. The van der Waals surface area contributed by atoms with Crippen LogP contribution in [0.1, 0.15) is 25.7 Å². The Hall–Kier alpha value is -1.79. The number of unbranched alkanes of at least 4 members (excludes halogenated alkanes) is 3. The minimum Gasteiger partial charge on any atom is -0.395 e. The molecule has 10 heteroatoms. The quantitative estimate of drug-likeness (QED) is 0.285. The third-order valence-corrected chi connectivity index (χ3v) is 8.03. The Kier molecular flexibility index (Phi) is 9.27. The first-order valence-corrected chi connectivity index (χ1v) is 13.2. The molecule has 0 spiro atoms. The maximum atomic E-state index is 13.0. The van der Waals surface area contributed by atoms with Gasteiger partial charge in [-0.3, -0.25) is 4.90 Å². The summed E-state index contributed by atoms with van der Waals surface area (Å²) in [4.78, 5) is 4.03. The number of hydrogen-bond acceptors (Lipinski definition) is 8. The van der Waals surface area contributed by atoms with Crippen molar-refractivity contribution in [1.29, 1.82) is 0 Å². The first-order valence-electron chi connectivity index (χ1n) is 11.7. The molecule has 34 heavy (non-hydrogen) atoms. The van der Waals surface area contributed by atoms with Gasteiger partial charge in [-0.2, -0.15) is 0 Å². The van der Waals surface area contributed by atoms with E-state index in [0.29, 0.717) is 24.9 Å². The molecule has 1 fully saturated rings. The molecule has 1 heterocycles. The van der Waals surface area contributed by atoms with Gasteiger partial charge in [0.1, 0.15) is 12.2 Å². The molecule has 0 bridgehead atoms. The van der Waals surface area contributed by atoms with E-state index in [0.717, 1.165) is 30.3 Å². The van der Waals surface area contributed by atoms with E-state index in [-0.39, 0.29) is 18.0 Å². The van der Waals surface area contributed by atoms with E-state index >= 15 is 0 Å². The number of hydrogen-bond donors (Lipinski definition) is 5. The molecule has 0 aliphatic carbocycles. The summed E-state index contributed by atoms with van der Waals surface area (Å²) in [6.45, 7) is 0.807. The summed E-state index contributed by atoms with van der Waals surface area (Å²) in [7, 11) is 0.204. The van der Waals surface area contributed by atoms with Crippen molar-refractivity contribution < 1.29 is 28.8 Å². The van der Waals surface area contributed by atoms with Gasteiger partial charge in [0.05, 0.1) is 23.6 Å². The third kappa shape index (κ3) is 6.06. The molecule has 1 saturated heterocycles. The fourth-order valence-electron chi connectivity index (χ4n) is 4.60. The topological polar surface area (TPSA) is 134 Å². The number of nitrogens with zero attached hydrogens (tertiary/aromatic N) is 2. The number of fused-ring (bicyclic) bond motifs is 1. The van der Waals surface area contributed by atoms with Crippen LogP contribution < -0.4 is 9.62 Å².